The molecule has 0 radical (unpaired) electrons. The lowest BCUT2D eigenvalue weighted by Gasteiger charge is -2.06. The van der Waals surface area contributed by atoms with Gasteiger partial charge in [-0.1, -0.05) is 23.7 Å². The van der Waals surface area contributed by atoms with Gasteiger partial charge in [-0.25, -0.2) is 9.37 Å². The normalized spacial score (nSPS) is 10.2. The predicted octanol–water partition coefficient (Wildman–Crippen LogP) is 2.46. The summed E-state index contributed by atoms with van der Waals surface area (Å²) in [6.45, 7) is 0.435. The summed E-state index contributed by atoms with van der Waals surface area (Å²) in [5.41, 5.74) is 6.25. The van der Waals surface area contributed by atoms with E-state index in [-0.39, 0.29) is 16.9 Å². The summed E-state index contributed by atoms with van der Waals surface area (Å²) in [6.07, 6.45) is 0. The van der Waals surface area contributed by atoms with Crippen molar-refractivity contribution >= 4 is 23.4 Å². The standard InChI is InChI=1S/C11H10ClFN4/c12-9-5-10(17-11(14)16-9)15-6-7-2-1-3-8(13)4-7/h1-5H,6H2,(H3,14,15,16,17). The van der Waals surface area contributed by atoms with Crippen molar-refractivity contribution in [2.45, 2.75) is 6.54 Å². The van der Waals surface area contributed by atoms with Gasteiger partial charge in [0.2, 0.25) is 5.95 Å². The molecule has 6 heteroatoms. The van der Waals surface area contributed by atoms with Gasteiger partial charge in [0, 0.05) is 12.6 Å². The monoisotopic (exact) mass is 252 g/mol. The van der Waals surface area contributed by atoms with Crippen LogP contribution in [-0.2, 0) is 6.54 Å². The molecule has 0 bridgehead atoms. The number of nitrogens with zero attached hydrogens (tertiary/aromatic N) is 2. The Balaban J connectivity index is 2.07. The first kappa shape index (κ1) is 11.6. The van der Waals surface area contributed by atoms with E-state index >= 15 is 0 Å². The van der Waals surface area contributed by atoms with Crippen LogP contribution in [0.2, 0.25) is 5.15 Å². The molecule has 1 aromatic carbocycles. The van der Waals surface area contributed by atoms with Crippen LogP contribution in [0.25, 0.3) is 0 Å². The fraction of sp³-hybridized carbons (Fsp3) is 0.0909. The van der Waals surface area contributed by atoms with Crippen molar-refractivity contribution in [3.63, 3.8) is 0 Å². The first-order chi connectivity index (χ1) is 8.13. The molecule has 2 aromatic rings. The van der Waals surface area contributed by atoms with Crippen LogP contribution in [0, 0.1) is 5.82 Å². The Morgan fingerprint density at radius 3 is 2.82 bits per heavy atom. The molecule has 0 saturated carbocycles. The average molecular weight is 253 g/mol. The van der Waals surface area contributed by atoms with E-state index in [1.165, 1.54) is 12.1 Å². The molecule has 0 aliphatic carbocycles. The third kappa shape index (κ3) is 3.29. The number of benzene rings is 1. The number of nitrogen functional groups attached to an aromatic ring is 1. The zero-order valence-corrected chi connectivity index (χ0v) is 9.58. The van der Waals surface area contributed by atoms with Gasteiger partial charge in [-0.2, -0.15) is 4.98 Å². The second-order valence-electron chi connectivity index (χ2n) is 3.42. The first-order valence-electron chi connectivity index (χ1n) is 4.92. The van der Waals surface area contributed by atoms with Gasteiger partial charge in [-0.15, -0.1) is 0 Å². The second-order valence-corrected chi connectivity index (χ2v) is 3.80. The molecule has 0 saturated heterocycles. The lowest BCUT2D eigenvalue weighted by Crippen LogP contribution is -2.04. The van der Waals surface area contributed by atoms with E-state index in [1.54, 1.807) is 12.1 Å². The molecular weight excluding hydrogens is 243 g/mol. The Bertz CT molecular complexity index is 512. The number of anilines is 2. The number of nitrogens with one attached hydrogen (secondary N) is 1. The van der Waals surface area contributed by atoms with E-state index in [0.29, 0.717) is 12.4 Å². The second kappa shape index (κ2) is 4.97. The van der Waals surface area contributed by atoms with Gasteiger partial charge in [0.25, 0.3) is 0 Å². The molecule has 0 spiro atoms. The molecule has 2 rings (SSSR count). The maximum atomic E-state index is 12.9. The summed E-state index contributed by atoms with van der Waals surface area (Å²) in [6, 6.07) is 7.84. The highest BCUT2D eigenvalue weighted by Gasteiger charge is 2.01. The summed E-state index contributed by atoms with van der Waals surface area (Å²) in [7, 11) is 0. The molecule has 1 heterocycles. The van der Waals surface area contributed by atoms with Crippen molar-refractivity contribution in [2.24, 2.45) is 0 Å². The number of hydrogen-bond donors (Lipinski definition) is 2. The Hall–Kier alpha value is -1.88. The summed E-state index contributed by atoms with van der Waals surface area (Å²) in [5.74, 6) is 0.329. The SMILES string of the molecule is Nc1nc(Cl)cc(NCc2cccc(F)c2)n1. The Morgan fingerprint density at radius 2 is 2.12 bits per heavy atom. The topological polar surface area (TPSA) is 63.8 Å². The van der Waals surface area contributed by atoms with Crippen LogP contribution in [0.5, 0.6) is 0 Å². The highest BCUT2D eigenvalue weighted by molar-refractivity contribution is 6.29. The quantitative estimate of drug-likeness (QED) is 0.824. The third-order valence-electron chi connectivity index (χ3n) is 2.07. The summed E-state index contributed by atoms with van der Waals surface area (Å²) in [4.78, 5) is 7.68. The Morgan fingerprint density at radius 1 is 1.29 bits per heavy atom. The molecule has 0 amide bonds. The number of rotatable bonds is 3. The summed E-state index contributed by atoms with van der Waals surface area (Å²) < 4.78 is 12.9. The maximum Gasteiger partial charge on any atom is 0.223 e. The molecule has 88 valence electrons. The van der Waals surface area contributed by atoms with Gasteiger partial charge in [0.05, 0.1) is 0 Å². The van der Waals surface area contributed by atoms with Crippen molar-refractivity contribution in [3.8, 4) is 0 Å². The van der Waals surface area contributed by atoms with Gasteiger partial charge in [0.1, 0.15) is 16.8 Å². The fourth-order valence-electron chi connectivity index (χ4n) is 1.37. The summed E-state index contributed by atoms with van der Waals surface area (Å²) >= 11 is 5.73. The van der Waals surface area contributed by atoms with E-state index in [1.807, 2.05) is 6.07 Å². The van der Waals surface area contributed by atoms with Gasteiger partial charge in [-0.05, 0) is 17.7 Å². The lowest BCUT2D eigenvalue weighted by molar-refractivity contribution is 0.626. The van der Waals surface area contributed by atoms with Gasteiger partial charge in [-0.3, -0.25) is 0 Å². The minimum absolute atomic E-state index is 0.0965. The zero-order valence-electron chi connectivity index (χ0n) is 8.82. The van der Waals surface area contributed by atoms with Crippen molar-refractivity contribution < 1.29 is 4.39 Å². The van der Waals surface area contributed by atoms with E-state index in [9.17, 15) is 4.39 Å². The predicted molar refractivity (Wildman–Crippen MR) is 65.2 cm³/mol. The zero-order chi connectivity index (χ0) is 12.3. The highest BCUT2D eigenvalue weighted by Crippen LogP contribution is 2.13. The van der Waals surface area contributed by atoms with Crippen LogP contribution in [0.1, 0.15) is 5.56 Å². The van der Waals surface area contributed by atoms with E-state index in [2.05, 4.69) is 15.3 Å². The number of halogens is 2. The molecule has 1 aromatic heterocycles. The van der Waals surface area contributed by atoms with Gasteiger partial charge < -0.3 is 11.1 Å². The van der Waals surface area contributed by atoms with E-state index in [0.717, 1.165) is 5.56 Å². The van der Waals surface area contributed by atoms with Crippen LogP contribution >= 0.6 is 11.6 Å². The molecule has 0 fully saturated rings. The van der Waals surface area contributed by atoms with Gasteiger partial charge >= 0.3 is 0 Å². The fourth-order valence-corrected chi connectivity index (χ4v) is 1.56. The van der Waals surface area contributed by atoms with E-state index < -0.39 is 0 Å². The van der Waals surface area contributed by atoms with Crippen molar-refractivity contribution in [1.29, 1.82) is 0 Å². The van der Waals surface area contributed by atoms with Gasteiger partial charge in [0.15, 0.2) is 0 Å². The van der Waals surface area contributed by atoms with Crippen molar-refractivity contribution in [2.75, 3.05) is 11.1 Å². The number of hydrogen-bond acceptors (Lipinski definition) is 4. The Labute approximate surface area is 103 Å². The molecule has 0 aliphatic heterocycles. The number of nitrogens with two attached hydrogens (primary N) is 1. The minimum Gasteiger partial charge on any atom is -0.368 e. The Kier molecular flexibility index (Phi) is 3.39. The van der Waals surface area contributed by atoms with Crippen LogP contribution in [-0.4, -0.2) is 9.97 Å². The summed E-state index contributed by atoms with van der Waals surface area (Å²) in [5, 5.41) is 3.25. The molecular formula is C11H10ClFN4. The third-order valence-corrected chi connectivity index (χ3v) is 2.27. The molecule has 17 heavy (non-hydrogen) atoms. The molecule has 4 nitrogen and oxygen atoms in total. The molecule has 0 aliphatic rings. The largest absolute Gasteiger partial charge is 0.368 e. The highest BCUT2D eigenvalue weighted by atomic mass is 35.5. The van der Waals surface area contributed by atoms with Crippen molar-refractivity contribution in [3.05, 3.63) is 46.9 Å². The van der Waals surface area contributed by atoms with Crippen LogP contribution in [0.15, 0.2) is 30.3 Å². The molecule has 0 atom stereocenters. The lowest BCUT2D eigenvalue weighted by atomic mass is 10.2. The molecule has 0 unspecified atom stereocenters. The van der Waals surface area contributed by atoms with Crippen LogP contribution < -0.4 is 11.1 Å². The van der Waals surface area contributed by atoms with Crippen LogP contribution in [0.3, 0.4) is 0 Å². The minimum atomic E-state index is -0.274. The molecule has 3 N–H and O–H groups in total. The van der Waals surface area contributed by atoms with Crippen molar-refractivity contribution in [1.82, 2.24) is 9.97 Å². The van der Waals surface area contributed by atoms with E-state index in [4.69, 9.17) is 17.3 Å². The van der Waals surface area contributed by atoms with Crippen LogP contribution in [0.4, 0.5) is 16.2 Å². The smallest absolute Gasteiger partial charge is 0.223 e. The number of aromatic nitrogens is 2. The average Bonchev–Trinajstić information content (AvgIpc) is 2.25. The first-order valence-corrected chi connectivity index (χ1v) is 5.29. The maximum absolute atomic E-state index is 12.9.